The number of fused-ring (bicyclic) bond motifs is 1. The second-order valence-electron chi connectivity index (χ2n) is 8.19. The second-order valence-corrected chi connectivity index (χ2v) is 8.19. The van der Waals surface area contributed by atoms with Gasteiger partial charge in [0.2, 0.25) is 5.91 Å². The van der Waals surface area contributed by atoms with Gasteiger partial charge in [0.1, 0.15) is 5.52 Å². The maximum Gasteiger partial charge on any atom is 0.222 e. The molecule has 1 aromatic carbocycles. The van der Waals surface area contributed by atoms with Gasteiger partial charge in [0.15, 0.2) is 11.5 Å². The molecule has 0 radical (unpaired) electrons. The van der Waals surface area contributed by atoms with E-state index in [2.05, 4.69) is 21.7 Å². The van der Waals surface area contributed by atoms with Gasteiger partial charge in [-0.25, -0.2) is 4.98 Å². The highest BCUT2D eigenvalue weighted by Crippen LogP contribution is 2.30. The fraction of sp³-hybridized carbons (Fsp3) is 0.636. The van der Waals surface area contributed by atoms with Crippen molar-refractivity contribution in [2.24, 2.45) is 5.92 Å². The molecule has 2 fully saturated rings. The van der Waals surface area contributed by atoms with Crippen LogP contribution in [0.2, 0.25) is 0 Å². The van der Waals surface area contributed by atoms with Gasteiger partial charge in [-0.1, -0.05) is 19.1 Å². The van der Waals surface area contributed by atoms with Crippen molar-refractivity contribution in [1.82, 2.24) is 14.8 Å². The standard InChI is InChI=1S/C22H31N3O2/c1-2-11-24-13-9-17(10-14-24)15-21(26)25-12-5-6-18(16-25)22-23-19-7-3-4-8-20(19)27-22/h3-4,7-8,17-18H,2,5-6,9-16H2,1H3. The van der Waals surface area contributed by atoms with Crippen molar-refractivity contribution < 1.29 is 9.21 Å². The van der Waals surface area contributed by atoms with E-state index in [1.807, 2.05) is 24.3 Å². The number of oxazole rings is 1. The van der Waals surface area contributed by atoms with Crippen LogP contribution < -0.4 is 0 Å². The summed E-state index contributed by atoms with van der Waals surface area (Å²) in [6.07, 6.45) is 6.33. The normalized spacial score (nSPS) is 22.4. The average Bonchev–Trinajstić information content (AvgIpc) is 3.14. The maximum atomic E-state index is 12.9. The number of aromatic nitrogens is 1. The Morgan fingerprint density at radius 1 is 1.19 bits per heavy atom. The lowest BCUT2D eigenvalue weighted by Crippen LogP contribution is -2.41. The summed E-state index contributed by atoms with van der Waals surface area (Å²) in [5.41, 5.74) is 1.75. The van der Waals surface area contributed by atoms with Gasteiger partial charge in [0.25, 0.3) is 0 Å². The van der Waals surface area contributed by atoms with E-state index in [1.54, 1.807) is 0 Å². The topological polar surface area (TPSA) is 49.6 Å². The van der Waals surface area contributed by atoms with Gasteiger partial charge in [0, 0.05) is 19.5 Å². The van der Waals surface area contributed by atoms with Crippen molar-refractivity contribution in [3.05, 3.63) is 30.2 Å². The monoisotopic (exact) mass is 369 g/mol. The van der Waals surface area contributed by atoms with Crippen molar-refractivity contribution >= 4 is 17.0 Å². The highest BCUT2D eigenvalue weighted by atomic mass is 16.3. The van der Waals surface area contributed by atoms with Gasteiger partial charge in [-0.3, -0.25) is 4.79 Å². The molecule has 3 heterocycles. The molecule has 1 aromatic heterocycles. The number of nitrogens with zero attached hydrogens (tertiary/aromatic N) is 3. The van der Waals surface area contributed by atoms with E-state index in [9.17, 15) is 4.79 Å². The third-order valence-electron chi connectivity index (χ3n) is 6.14. The van der Waals surface area contributed by atoms with Crippen molar-refractivity contribution in [2.75, 3.05) is 32.7 Å². The van der Waals surface area contributed by atoms with Gasteiger partial charge in [-0.05, 0) is 69.8 Å². The van der Waals surface area contributed by atoms with Gasteiger partial charge < -0.3 is 14.2 Å². The first-order valence-electron chi connectivity index (χ1n) is 10.6. The summed E-state index contributed by atoms with van der Waals surface area (Å²) in [7, 11) is 0. The van der Waals surface area contributed by atoms with Gasteiger partial charge >= 0.3 is 0 Å². The Labute approximate surface area is 161 Å². The molecule has 5 nitrogen and oxygen atoms in total. The minimum atomic E-state index is 0.224. The Morgan fingerprint density at radius 2 is 2.00 bits per heavy atom. The SMILES string of the molecule is CCCN1CCC(CC(=O)N2CCCC(c3nc4ccccc4o3)C2)CC1. The average molecular weight is 370 g/mol. The number of benzene rings is 1. The van der Waals surface area contributed by atoms with Crippen LogP contribution in [0.3, 0.4) is 0 Å². The van der Waals surface area contributed by atoms with Crippen LogP contribution in [0.25, 0.3) is 11.1 Å². The zero-order chi connectivity index (χ0) is 18.6. The number of carbonyl (C=O) groups excluding carboxylic acids is 1. The highest BCUT2D eigenvalue weighted by Gasteiger charge is 2.30. The Hall–Kier alpha value is -1.88. The van der Waals surface area contributed by atoms with E-state index in [1.165, 1.54) is 13.0 Å². The minimum Gasteiger partial charge on any atom is -0.440 e. The van der Waals surface area contributed by atoms with Gasteiger partial charge in [-0.15, -0.1) is 0 Å². The molecule has 2 aliphatic rings. The largest absolute Gasteiger partial charge is 0.440 e. The number of hydrogen-bond donors (Lipinski definition) is 0. The molecule has 1 atom stereocenters. The highest BCUT2D eigenvalue weighted by molar-refractivity contribution is 5.76. The van der Waals surface area contributed by atoms with Gasteiger partial charge in [-0.2, -0.15) is 0 Å². The van der Waals surface area contributed by atoms with E-state index in [0.29, 0.717) is 18.2 Å². The molecule has 4 rings (SSSR count). The molecule has 2 saturated heterocycles. The lowest BCUT2D eigenvalue weighted by molar-refractivity contribution is -0.133. The number of para-hydroxylation sites is 2. The number of piperidine rings is 2. The molecule has 5 heteroatoms. The zero-order valence-corrected chi connectivity index (χ0v) is 16.4. The van der Waals surface area contributed by atoms with Crippen molar-refractivity contribution in [1.29, 1.82) is 0 Å². The molecule has 0 aliphatic carbocycles. The van der Waals surface area contributed by atoms with Gasteiger partial charge in [0.05, 0.1) is 5.92 Å². The quantitative estimate of drug-likeness (QED) is 0.798. The summed E-state index contributed by atoms with van der Waals surface area (Å²) < 4.78 is 5.97. The second kappa shape index (κ2) is 8.42. The van der Waals surface area contributed by atoms with E-state index in [4.69, 9.17) is 4.42 Å². The molecule has 2 aliphatic heterocycles. The fourth-order valence-corrected chi connectivity index (χ4v) is 4.58. The molecule has 1 amide bonds. The molecule has 0 spiro atoms. The third kappa shape index (κ3) is 4.34. The van der Waals surface area contributed by atoms with Crippen LogP contribution in [0.1, 0.15) is 57.3 Å². The molecule has 146 valence electrons. The van der Waals surface area contributed by atoms with Crippen molar-refractivity contribution in [2.45, 2.75) is 51.4 Å². The zero-order valence-electron chi connectivity index (χ0n) is 16.4. The van der Waals surface area contributed by atoms with Crippen LogP contribution in [0.15, 0.2) is 28.7 Å². The number of rotatable bonds is 5. The number of likely N-dealkylation sites (tertiary alicyclic amines) is 2. The maximum absolute atomic E-state index is 12.9. The van der Waals surface area contributed by atoms with Crippen LogP contribution in [-0.2, 0) is 4.79 Å². The molecule has 2 aromatic rings. The predicted molar refractivity (Wildman–Crippen MR) is 107 cm³/mol. The summed E-state index contributed by atoms with van der Waals surface area (Å²) in [6.45, 7) is 7.36. The fourth-order valence-electron chi connectivity index (χ4n) is 4.58. The molecular formula is C22H31N3O2. The molecule has 27 heavy (non-hydrogen) atoms. The van der Waals surface area contributed by atoms with E-state index in [0.717, 1.165) is 68.9 Å². The van der Waals surface area contributed by atoms with E-state index >= 15 is 0 Å². The Morgan fingerprint density at radius 3 is 2.78 bits per heavy atom. The Bertz CT molecular complexity index is 731. The molecule has 0 bridgehead atoms. The molecule has 1 unspecified atom stereocenters. The number of amides is 1. The van der Waals surface area contributed by atoms with Crippen LogP contribution >= 0.6 is 0 Å². The van der Waals surface area contributed by atoms with Crippen molar-refractivity contribution in [3.8, 4) is 0 Å². The van der Waals surface area contributed by atoms with Crippen LogP contribution in [0, 0.1) is 5.92 Å². The number of carbonyl (C=O) groups is 1. The molecular weight excluding hydrogens is 338 g/mol. The lowest BCUT2D eigenvalue weighted by Gasteiger charge is -2.35. The van der Waals surface area contributed by atoms with E-state index in [-0.39, 0.29) is 5.92 Å². The molecule has 0 saturated carbocycles. The van der Waals surface area contributed by atoms with Crippen LogP contribution in [0.5, 0.6) is 0 Å². The lowest BCUT2D eigenvalue weighted by atomic mass is 9.91. The smallest absolute Gasteiger partial charge is 0.222 e. The summed E-state index contributed by atoms with van der Waals surface area (Å²) in [5, 5.41) is 0. The molecule has 0 N–H and O–H groups in total. The Balaban J connectivity index is 1.33. The predicted octanol–water partition coefficient (Wildman–Crippen LogP) is 4.05. The first kappa shape index (κ1) is 18.5. The van der Waals surface area contributed by atoms with E-state index < -0.39 is 0 Å². The first-order chi connectivity index (χ1) is 13.2. The third-order valence-corrected chi connectivity index (χ3v) is 6.14. The number of hydrogen-bond acceptors (Lipinski definition) is 4. The summed E-state index contributed by atoms with van der Waals surface area (Å²) >= 11 is 0. The van der Waals surface area contributed by atoms with Crippen molar-refractivity contribution in [3.63, 3.8) is 0 Å². The Kier molecular flexibility index (Phi) is 5.77. The van der Waals surface area contributed by atoms with Crippen LogP contribution in [-0.4, -0.2) is 53.4 Å². The summed E-state index contributed by atoms with van der Waals surface area (Å²) in [5.74, 6) is 1.89. The summed E-state index contributed by atoms with van der Waals surface area (Å²) in [6, 6.07) is 7.90. The summed E-state index contributed by atoms with van der Waals surface area (Å²) in [4.78, 5) is 22.1. The minimum absolute atomic E-state index is 0.224. The van der Waals surface area contributed by atoms with Crippen LogP contribution in [0.4, 0.5) is 0 Å². The first-order valence-corrected chi connectivity index (χ1v) is 10.6.